The van der Waals surface area contributed by atoms with Gasteiger partial charge in [0.05, 0.1) is 8.12 Å². The van der Waals surface area contributed by atoms with E-state index in [1.165, 1.54) is 9.75 Å². The molecule has 2 rings (SSSR count). The Balaban J connectivity index is 2.16. The van der Waals surface area contributed by atoms with E-state index in [2.05, 4.69) is 49.3 Å². The largest absolute Gasteiger partial charge is 0.312 e. The summed E-state index contributed by atoms with van der Waals surface area (Å²) in [5.74, 6) is 0. The van der Waals surface area contributed by atoms with E-state index in [1.807, 2.05) is 13.1 Å². The molecule has 0 aliphatic carbocycles. The van der Waals surface area contributed by atoms with Gasteiger partial charge in [0.2, 0.25) is 0 Å². The predicted molar refractivity (Wildman–Crippen MR) is 84.6 cm³/mol. The monoisotopic (exact) mass is 413 g/mol. The normalized spacial score (nSPS) is 12.9. The summed E-state index contributed by atoms with van der Waals surface area (Å²) in [6, 6.07) is 6.53. The van der Waals surface area contributed by atoms with Crippen LogP contribution in [0.3, 0.4) is 0 Å². The highest BCUT2D eigenvalue weighted by atomic mass is 79.9. The Hall–Kier alpha value is 0.610. The van der Waals surface area contributed by atoms with Crippen molar-refractivity contribution in [3.8, 4) is 0 Å². The fourth-order valence-electron chi connectivity index (χ4n) is 1.54. The summed E-state index contributed by atoms with van der Waals surface area (Å²) in [6.45, 7) is 0. The van der Waals surface area contributed by atoms with Crippen LogP contribution in [0.2, 0.25) is 4.34 Å². The van der Waals surface area contributed by atoms with Crippen molar-refractivity contribution >= 4 is 66.1 Å². The van der Waals surface area contributed by atoms with Crippen molar-refractivity contribution in [2.75, 3.05) is 7.05 Å². The van der Waals surface area contributed by atoms with Gasteiger partial charge in [-0.05, 0) is 57.1 Å². The maximum absolute atomic E-state index is 5.95. The topological polar surface area (TPSA) is 12.0 Å². The van der Waals surface area contributed by atoms with Crippen LogP contribution in [0.25, 0.3) is 0 Å². The van der Waals surface area contributed by atoms with Crippen molar-refractivity contribution in [3.05, 3.63) is 40.5 Å². The van der Waals surface area contributed by atoms with Crippen LogP contribution >= 0.6 is 66.1 Å². The summed E-state index contributed by atoms with van der Waals surface area (Å²) in [6.07, 6.45) is 0.966. The number of rotatable bonds is 4. The molecule has 17 heavy (non-hydrogen) atoms. The SMILES string of the molecule is CNC(Cc1ccc(Cl)s1)c1cc(Br)c(Br)s1. The standard InChI is InChI=1S/C11H10Br2ClNS2/c1-15-8(4-6-2-3-10(14)16-6)9-5-7(12)11(13)17-9/h2-3,5,8,15H,4H2,1H3. The molecule has 0 amide bonds. The molecular formula is C11H10Br2ClNS2. The van der Waals surface area contributed by atoms with Crippen molar-refractivity contribution < 1.29 is 0 Å². The second kappa shape index (κ2) is 6.17. The van der Waals surface area contributed by atoms with Gasteiger partial charge in [0, 0.05) is 26.7 Å². The van der Waals surface area contributed by atoms with Crippen LogP contribution in [0.5, 0.6) is 0 Å². The van der Waals surface area contributed by atoms with Gasteiger partial charge < -0.3 is 5.32 Å². The molecule has 1 unspecified atom stereocenters. The highest BCUT2D eigenvalue weighted by Gasteiger charge is 2.15. The Morgan fingerprint density at radius 1 is 1.35 bits per heavy atom. The van der Waals surface area contributed by atoms with Crippen molar-refractivity contribution in [2.24, 2.45) is 0 Å². The van der Waals surface area contributed by atoms with Crippen molar-refractivity contribution in [2.45, 2.75) is 12.5 Å². The third-order valence-electron chi connectivity index (χ3n) is 2.39. The third-order valence-corrected chi connectivity index (χ3v) is 7.01. The van der Waals surface area contributed by atoms with E-state index >= 15 is 0 Å². The fraction of sp³-hybridized carbons (Fsp3) is 0.273. The summed E-state index contributed by atoms with van der Waals surface area (Å²) in [5.41, 5.74) is 0. The average molecular weight is 416 g/mol. The van der Waals surface area contributed by atoms with Crippen molar-refractivity contribution in [1.82, 2.24) is 5.32 Å². The van der Waals surface area contributed by atoms with Gasteiger partial charge in [-0.15, -0.1) is 22.7 Å². The quantitative estimate of drug-likeness (QED) is 0.696. The maximum Gasteiger partial charge on any atom is 0.0931 e. The molecule has 0 bridgehead atoms. The zero-order valence-electron chi connectivity index (χ0n) is 8.97. The molecule has 1 N–H and O–H groups in total. The number of halogens is 3. The van der Waals surface area contributed by atoms with Crippen LogP contribution in [0.15, 0.2) is 26.5 Å². The minimum Gasteiger partial charge on any atom is -0.312 e. The Labute approximate surface area is 130 Å². The predicted octanol–water partition coefficient (Wildman–Crippen LogP) is 5.49. The molecule has 2 heterocycles. The average Bonchev–Trinajstić information content (AvgIpc) is 2.83. The van der Waals surface area contributed by atoms with E-state index in [1.54, 1.807) is 22.7 Å². The van der Waals surface area contributed by atoms with E-state index < -0.39 is 0 Å². The van der Waals surface area contributed by atoms with Gasteiger partial charge in [0.15, 0.2) is 0 Å². The van der Waals surface area contributed by atoms with Gasteiger partial charge in [-0.2, -0.15) is 0 Å². The van der Waals surface area contributed by atoms with E-state index in [4.69, 9.17) is 11.6 Å². The highest BCUT2D eigenvalue weighted by Crippen LogP contribution is 2.37. The molecule has 6 heteroatoms. The Morgan fingerprint density at radius 2 is 2.12 bits per heavy atom. The molecule has 0 saturated heterocycles. The fourth-order valence-corrected chi connectivity index (χ4v) is 4.88. The molecule has 0 aliphatic rings. The lowest BCUT2D eigenvalue weighted by atomic mass is 10.1. The molecule has 2 aromatic heterocycles. The molecule has 1 atom stereocenters. The van der Waals surface area contributed by atoms with Gasteiger partial charge in [-0.3, -0.25) is 0 Å². The molecule has 92 valence electrons. The smallest absolute Gasteiger partial charge is 0.0931 e. The number of thiophene rings is 2. The Bertz CT molecular complexity index is 490. The van der Waals surface area contributed by atoms with Crippen LogP contribution < -0.4 is 5.32 Å². The highest BCUT2D eigenvalue weighted by molar-refractivity contribution is 9.13. The zero-order chi connectivity index (χ0) is 12.4. The van der Waals surface area contributed by atoms with Gasteiger partial charge in [0.25, 0.3) is 0 Å². The summed E-state index contributed by atoms with van der Waals surface area (Å²) in [4.78, 5) is 2.62. The van der Waals surface area contributed by atoms with Crippen LogP contribution in [0.1, 0.15) is 15.8 Å². The lowest BCUT2D eigenvalue weighted by Crippen LogP contribution is -2.17. The van der Waals surface area contributed by atoms with E-state index in [0.717, 1.165) is 19.0 Å². The number of hydrogen-bond acceptors (Lipinski definition) is 3. The molecule has 0 aliphatic heterocycles. The first-order valence-electron chi connectivity index (χ1n) is 4.96. The molecule has 0 aromatic carbocycles. The second-order valence-electron chi connectivity index (χ2n) is 3.52. The first kappa shape index (κ1) is 14.0. The van der Waals surface area contributed by atoms with Crippen LogP contribution in [-0.4, -0.2) is 7.05 Å². The lowest BCUT2D eigenvalue weighted by Gasteiger charge is -2.12. The second-order valence-corrected chi connectivity index (χ2v) is 8.58. The summed E-state index contributed by atoms with van der Waals surface area (Å²) < 4.78 is 3.10. The minimum absolute atomic E-state index is 0.331. The molecule has 0 fully saturated rings. The van der Waals surface area contributed by atoms with Gasteiger partial charge >= 0.3 is 0 Å². The molecule has 0 radical (unpaired) electrons. The minimum atomic E-state index is 0.331. The van der Waals surface area contributed by atoms with Crippen molar-refractivity contribution in [3.63, 3.8) is 0 Å². The van der Waals surface area contributed by atoms with Gasteiger partial charge in [0.1, 0.15) is 0 Å². The molecule has 0 saturated carbocycles. The van der Waals surface area contributed by atoms with E-state index in [9.17, 15) is 0 Å². The van der Waals surface area contributed by atoms with Crippen LogP contribution in [0.4, 0.5) is 0 Å². The van der Waals surface area contributed by atoms with Gasteiger partial charge in [-0.1, -0.05) is 11.6 Å². The number of nitrogens with one attached hydrogen (secondary N) is 1. The van der Waals surface area contributed by atoms with Crippen LogP contribution in [-0.2, 0) is 6.42 Å². The Kier molecular flexibility index (Phi) is 5.09. The number of hydrogen-bond donors (Lipinski definition) is 1. The zero-order valence-corrected chi connectivity index (χ0v) is 14.5. The first-order valence-corrected chi connectivity index (χ1v) is 8.56. The summed E-state index contributed by atoms with van der Waals surface area (Å²) in [7, 11) is 1.99. The molecule has 2 aromatic rings. The molecular weight excluding hydrogens is 406 g/mol. The van der Waals surface area contributed by atoms with Crippen LogP contribution in [0, 0.1) is 0 Å². The molecule has 1 nitrogen and oxygen atoms in total. The lowest BCUT2D eigenvalue weighted by molar-refractivity contribution is 0.607. The van der Waals surface area contributed by atoms with Crippen molar-refractivity contribution in [1.29, 1.82) is 0 Å². The number of likely N-dealkylation sites (N-methyl/N-ethyl adjacent to an activating group) is 1. The third kappa shape index (κ3) is 3.55. The maximum atomic E-state index is 5.95. The van der Waals surface area contributed by atoms with E-state index in [0.29, 0.717) is 6.04 Å². The van der Waals surface area contributed by atoms with E-state index in [-0.39, 0.29) is 0 Å². The molecule has 0 spiro atoms. The first-order chi connectivity index (χ1) is 8.10. The summed E-state index contributed by atoms with van der Waals surface area (Å²) >= 11 is 16.4. The Morgan fingerprint density at radius 3 is 2.59 bits per heavy atom. The summed E-state index contributed by atoms with van der Waals surface area (Å²) in [5, 5.41) is 3.35. The van der Waals surface area contributed by atoms with Gasteiger partial charge in [-0.25, -0.2) is 0 Å².